The van der Waals surface area contributed by atoms with Crippen LogP contribution in [-0.4, -0.2) is 23.9 Å². The second-order valence-electron chi connectivity index (χ2n) is 4.00. The number of likely N-dealkylation sites (tertiary alicyclic amines) is 1. The molecule has 5 heteroatoms. The normalized spacial score (nSPS) is 14.3. The van der Waals surface area contributed by atoms with Crippen LogP contribution in [0.25, 0.3) is 4.98 Å². The molecule has 0 aromatic heterocycles. The van der Waals surface area contributed by atoms with Gasteiger partial charge < -0.3 is 17.3 Å². The number of amides is 1. The van der Waals surface area contributed by atoms with Gasteiger partial charge in [0, 0.05) is 31.6 Å². The quantitative estimate of drug-likeness (QED) is 0.670. The molecule has 1 aliphatic rings. The van der Waals surface area contributed by atoms with Gasteiger partial charge in [-0.25, -0.2) is 0 Å². The molecule has 0 radical (unpaired) electrons. The second kappa shape index (κ2) is 6.21. The van der Waals surface area contributed by atoms with Gasteiger partial charge in [0.2, 0.25) is 11.3 Å². The Morgan fingerprint density at radius 3 is 2.53 bits per heavy atom. The van der Waals surface area contributed by atoms with E-state index in [1.165, 1.54) is 0 Å². The van der Waals surface area contributed by atoms with Crippen molar-refractivity contribution in [2.75, 3.05) is 13.1 Å². The molecule has 1 fully saturated rings. The minimum absolute atomic E-state index is 0. The highest BCUT2D eigenvalue weighted by Gasteiger charge is 2.19. The number of hydrogen-bond donors (Lipinski definition) is 0. The summed E-state index contributed by atoms with van der Waals surface area (Å²) in [5.74, 6) is 0.266. The lowest BCUT2D eigenvalue weighted by molar-refractivity contribution is -0.127. The molecule has 1 aliphatic heterocycles. The molecule has 90 valence electrons. The highest BCUT2D eigenvalue weighted by molar-refractivity contribution is 5.78. The van der Waals surface area contributed by atoms with E-state index in [-0.39, 0.29) is 18.3 Å². The third kappa shape index (κ3) is 3.43. The average molecular weight is 252 g/mol. The molecule has 0 atom stereocenters. The summed E-state index contributed by atoms with van der Waals surface area (Å²) in [5.41, 5.74) is 1.72. The number of carbonyl (C=O) groups excluding carboxylic acids is 1. The van der Waals surface area contributed by atoms with Gasteiger partial charge in [0.05, 0.1) is 0 Å². The Kier molecular flexibility index (Phi) is 4.92. The lowest BCUT2D eigenvalue weighted by atomic mass is 10.1. The summed E-state index contributed by atoms with van der Waals surface area (Å²) >= 11 is 0. The van der Waals surface area contributed by atoms with Crippen molar-refractivity contribution in [2.24, 2.45) is 0 Å². The maximum atomic E-state index is 11.4. The fraction of sp³-hybridized carbons (Fsp3) is 0.417. The van der Waals surface area contributed by atoms with Crippen molar-refractivity contribution in [3.63, 3.8) is 0 Å². The molecule has 0 N–H and O–H groups in total. The van der Waals surface area contributed by atoms with Gasteiger partial charge in [0.25, 0.3) is 0 Å². The zero-order valence-electron chi connectivity index (χ0n) is 9.47. The SMILES string of the molecule is N#[N+]c1ccc(CCN2CCCC2=O)cc1.[Cl-]. The molecule has 1 heterocycles. The Morgan fingerprint density at radius 1 is 1.29 bits per heavy atom. The smallest absolute Gasteiger partial charge is 0.385 e. The van der Waals surface area contributed by atoms with E-state index in [4.69, 9.17) is 5.39 Å². The molecule has 1 saturated heterocycles. The first-order valence-electron chi connectivity index (χ1n) is 5.51. The number of nitrogens with zero attached hydrogens (tertiary/aromatic N) is 3. The summed E-state index contributed by atoms with van der Waals surface area (Å²) in [6.07, 6.45) is 2.54. The Bertz CT molecular complexity index is 424. The lowest BCUT2D eigenvalue weighted by Crippen LogP contribution is -3.00. The van der Waals surface area contributed by atoms with Crippen LogP contribution in [0.3, 0.4) is 0 Å². The lowest BCUT2D eigenvalue weighted by Gasteiger charge is -2.14. The van der Waals surface area contributed by atoms with Crippen molar-refractivity contribution in [3.8, 4) is 0 Å². The molecule has 1 amide bonds. The van der Waals surface area contributed by atoms with Crippen LogP contribution in [0.5, 0.6) is 0 Å². The third-order valence-electron chi connectivity index (χ3n) is 2.89. The Hall–Kier alpha value is -1.60. The topological polar surface area (TPSA) is 48.5 Å². The van der Waals surface area contributed by atoms with E-state index in [0.717, 1.165) is 31.5 Å². The van der Waals surface area contributed by atoms with E-state index < -0.39 is 0 Å². The number of rotatable bonds is 3. The van der Waals surface area contributed by atoms with Crippen molar-refractivity contribution in [1.82, 2.24) is 4.90 Å². The van der Waals surface area contributed by atoms with Crippen molar-refractivity contribution < 1.29 is 17.2 Å². The number of diazo groups is 1. The van der Waals surface area contributed by atoms with E-state index in [1.807, 2.05) is 17.0 Å². The molecule has 0 aliphatic carbocycles. The summed E-state index contributed by atoms with van der Waals surface area (Å²) in [6.45, 7) is 1.68. The zero-order chi connectivity index (χ0) is 11.4. The van der Waals surface area contributed by atoms with Crippen LogP contribution in [-0.2, 0) is 11.2 Å². The molecule has 0 bridgehead atoms. The summed E-state index contributed by atoms with van der Waals surface area (Å²) in [6, 6.07) is 7.38. The van der Waals surface area contributed by atoms with E-state index in [2.05, 4.69) is 4.98 Å². The standard InChI is InChI=1S/C12H14N3O.ClH/c13-14-11-5-3-10(4-6-11)7-9-15-8-1-2-12(15)16;/h3-6H,1-2,7-9H2;1H/q+1;/p-1. The van der Waals surface area contributed by atoms with E-state index >= 15 is 0 Å². The van der Waals surface area contributed by atoms with E-state index in [0.29, 0.717) is 12.1 Å². The molecule has 4 nitrogen and oxygen atoms in total. The van der Waals surface area contributed by atoms with Gasteiger partial charge in [-0.2, -0.15) is 0 Å². The minimum Gasteiger partial charge on any atom is -1.00 e. The van der Waals surface area contributed by atoms with Crippen molar-refractivity contribution in [2.45, 2.75) is 19.3 Å². The molecule has 0 spiro atoms. The van der Waals surface area contributed by atoms with Gasteiger partial charge >= 0.3 is 5.69 Å². The highest BCUT2D eigenvalue weighted by atomic mass is 35.5. The van der Waals surface area contributed by atoms with Crippen LogP contribution in [0, 0.1) is 5.39 Å². The maximum absolute atomic E-state index is 11.4. The summed E-state index contributed by atoms with van der Waals surface area (Å²) in [5, 5.41) is 8.54. The van der Waals surface area contributed by atoms with Gasteiger partial charge in [-0.15, -0.1) is 0 Å². The third-order valence-corrected chi connectivity index (χ3v) is 2.89. The monoisotopic (exact) mass is 251 g/mol. The van der Waals surface area contributed by atoms with Crippen molar-refractivity contribution >= 4 is 11.6 Å². The fourth-order valence-electron chi connectivity index (χ4n) is 1.93. The highest BCUT2D eigenvalue weighted by Crippen LogP contribution is 2.14. The number of carbonyl (C=O) groups is 1. The molecule has 0 unspecified atom stereocenters. The summed E-state index contributed by atoms with van der Waals surface area (Å²) < 4.78 is 0. The predicted molar refractivity (Wildman–Crippen MR) is 60.7 cm³/mol. The summed E-state index contributed by atoms with van der Waals surface area (Å²) in [4.78, 5) is 16.4. The van der Waals surface area contributed by atoms with Crippen LogP contribution >= 0.6 is 0 Å². The molecule has 1 aromatic carbocycles. The molecular weight excluding hydrogens is 238 g/mol. The first-order chi connectivity index (χ1) is 7.79. The average Bonchev–Trinajstić information content (AvgIpc) is 2.73. The van der Waals surface area contributed by atoms with Crippen LogP contribution < -0.4 is 12.4 Å². The number of benzene rings is 1. The second-order valence-corrected chi connectivity index (χ2v) is 4.00. The van der Waals surface area contributed by atoms with Crippen LogP contribution in [0.1, 0.15) is 18.4 Å². The van der Waals surface area contributed by atoms with Gasteiger partial charge in [0.15, 0.2) is 4.98 Å². The minimum atomic E-state index is 0. The predicted octanol–water partition coefficient (Wildman–Crippen LogP) is -0.660. The molecule has 17 heavy (non-hydrogen) atoms. The van der Waals surface area contributed by atoms with Gasteiger partial charge in [-0.1, -0.05) is 12.1 Å². The van der Waals surface area contributed by atoms with Gasteiger partial charge in [-0.3, -0.25) is 4.79 Å². The van der Waals surface area contributed by atoms with E-state index in [1.54, 1.807) is 12.1 Å². The largest absolute Gasteiger partial charge is 1.00 e. The Balaban J connectivity index is 0.00000144. The van der Waals surface area contributed by atoms with Crippen LogP contribution in [0.4, 0.5) is 5.69 Å². The van der Waals surface area contributed by atoms with Gasteiger partial charge in [-0.05, 0) is 18.4 Å². The first-order valence-corrected chi connectivity index (χ1v) is 5.51. The van der Waals surface area contributed by atoms with E-state index in [9.17, 15) is 4.79 Å². The Morgan fingerprint density at radius 2 is 2.00 bits per heavy atom. The molecule has 0 saturated carbocycles. The number of hydrogen-bond acceptors (Lipinski definition) is 2. The van der Waals surface area contributed by atoms with Crippen LogP contribution in [0.15, 0.2) is 24.3 Å². The Labute approximate surface area is 107 Å². The molecular formula is C12H14ClN3O. The summed E-state index contributed by atoms with van der Waals surface area (Å²) in [7, 11) is 0. The molecule has 1 aromatic rings. The van der Waals surface area contributed by atoms with Crippen molar-refractivity contribution in [3.05, 3.63) is 34.8 Å². The fourth-order valence-corrected chi connectivity index (χ4v) is 1.93. The zero-order valence-corrected chi connectivity index (χ0v) is 10.2. The first kappa shape index (κ1) is 13.5. The molecule has 2 rings (SSSR count). The maximum Gasteiger partial charge on any atom is 0.385 e. The number of halogens is 1. The van der Waals surface area contributed by atoms with Crippen LogP contribution in [0.2, 0.25) is 0 Å². The van der Waals surface area contributed by atoms with Crippen molar-refractivity contribution in [1.29, 1.82) is 5.39 Å². The van der Waals surface area contributed by atoms with Gasteiger partial charge in [0.1, 0.15) is 0 Å².